The SMILES string of the molecule is CCOc1ccc(CCCNC(=O)c2cc(S(=O)(=O)N3CCCCC3)ccc2C)cc1. The number of benzene rings is 2. The highest BCUT2D eigenvalue weighted by Crippen LogP contribution is 2.23. The van der Waals surface area contributed by atoms with Crippen LogP contribution >= 0.6 is 0 Å². The number of aryl methyl sites for hydroxylation is 2. The second-order valence-electron chi connectivity index (χ2n) is 7.88. The molecule has 0 atom stereocenters. The quantitative estimate of drug-likeness (QED) is 0.595. The molecule has 1 aliphatic heterocycles. The third-order valence-corrected chi connectivity index (χ3v) is 7.46. The first-order valence-electron chi connectivity index (χ1n) is 11.0. The van der Waals surface area contributed by atoms with E-state index in [0.717, 1.165) is 43.4 Å². The monoisotopic (exact) mass is 444 g/mol. The summed E-state index contributed by atoms with van der Waals surface area (Å²) in [5.41, 5.74) is 2.37. The molecule has 1 saturated heterocycles. The molecule has 31 heavy (non-hydrogen) atoms. The molecule has 1 amide bonds. The number of nitrogens with one attached hydrogen (secondary N) is 1. The summed E-state index contributed by atoms with van der Waals surface area (Å²) < 4.78 is 32.9. The van der Waals surface area contributed by atoms with Gasteiger partial charge in [-0.25, -0.2) is 8.42 Å². The molecule has 7 heteroatoms. The minimum Gasteiger partial charge on any atom is -0.494 e. The number of amides is 1. The Kier molecular flexibility index (Phi) is 8.09. The molecule has 168 valence electrons. The number of nitrogens with zero attached hydrogens (tertiary/aromatic N) is 1. The van der Waals surface area contributed by atoms with Crippen molar-refractivity contribution in [2.75, 3.05) is 26.2 Å². The van der Waals surface area contributed by atoms with Crippen LogP contribution in [0.25, 0.3) is 0 Å². The van der Waals surface area contributed by atoms with E-state index in [1.807, 2.05) is 38.1 Å². The number of rotatable bonds is 9. The molecule has 1 fully saturated rings. The fourth-order valence-electron chi connectivity index (χ4n) is 3.77. The minimum absolute atomic E-state index is 0.194. The molecular weight excluding hydrogens is 412 g/mol. The van der Waals surface area contributed by atoms with Crippen LogP contribution in [0.2, 0.25) is 0 Å². The first-order valence-corrected chi connectivity index (χ1v) is 12.5. The number of carbonyl (C=O) groups is 1. The van der Waals surface area contributed by atoms with Crippen LogP contribution < -0.4 is 10.1 Å². The van der Waals surface area contributed by atoms with Gasteiger partial charge in [0.25, 0.3) is 5.91 Å². The Morgan fingerprint density at radius 2 is 1.77 bits per heavy atom. The summed E-state index contributed by atoms with van der Waals surface area (Å²) in [7, 11) is -3.56. The van der Waals surface area contributed by atoms with Crippen molar-refractivity contribution in [1.29, 1.82) is 0 Å². The second kappa shape index (κ2) is 10.8. The zero-order valence-electron chi connectivity index (χ0n) is 18.4. The average Bonchev–Trinajstić information content (AvgIpc) is 2.78. The highest BCUT2D eigenvalue weighted by molar-refractivity contribution is 7.89. The number of hydrogen-bond acceptors (Lipinski definition) is 4. The number of carbonyl (C=O) groups excluding carboxylic acids is 1. The van der Waals surface area contributed by atoms with Gasteiger partial charge in [-0.2, -0.15) is 4.31 Å². The van der Waals surface area contributed by atoms with E-state index in [4.69, 9.17) is 4.74 Å². The van der Waals surface area contributed by atoms with E-state index in [9.17, 15) is 13.2 Å². The molecule has 3 rings (SSSR count). The van der Waals surface area contributed by atoms with Crippen LogP contribution in [0, 0.1) is 6.92 Å². The summed E-state index contributed by atoms with van der Waals surface area (Å²) >= 11 is 0. The molecule has 0 spiro atoms. The fourth-order valence-corrected chi connectivity index (χ4v) is 5.31. The Morgan fingerprint density at radius 3 is 2.45 bits per heavy atom. The smallest absolute Gasteiger partial charge is 0.251 e. The van der Waals surface area contributed by atoms with Crippen LogP contribution in [0.15, 0.2) is 47.4 Å². The lowest BCUT2D eigenvalue weighted by Gasteiger charge is -2.26. The van der Waals surface area contributed by atoms with Gasteiger partial charge in [0.05, 0.1) is 11.5 Å². The normalized spacial score (nSPS) is 14.9. The summed E-state index contributed by atoms with van der Waals surface area (Å²) in [4.78, 5) is 12.9. The third-order valence-electron chi connectivity index (χ3n) is 5.57. The van der Waals surface area contributed by atoms with Crippen LogP contribution in [-0.2, 0) is 16.4 Å². The molecule has 0 aromatic heterocycles. The number of hydrogen-bond donors (Lipinski definition) is 1. The van der Waals surface area contributed by atoms with E-state index >= 15 is 0 Å². The molecule has 1 aliphatic rings. The Labute approximate surface area is 185 Å². The average molecular weight is 445 g/mol. The van der Waals surface area contributed by atoms with Crippen molar-refractivity contribution < 1.29 is 17.9 Å². The zero-order valence-corrected chi connectivity index (χ0v) is 19.2. The van der Waals surface area contributed by atoms with Crippen molar-refractivity contribution in [3.63, 3.8) is 0 Å². The van der Waals surface area contributed by atoms with E-state index in [2.05, 4.69) is 5.32 Å². The second-order valence-corrected chi connectivity index (χ2v) is 9.82. The Hall–Kier alpha value is -2.38. The van der Waals surface area contributed by atoms with Crippen molar-refractivity contribution in [2.45, 2.75) is 50.8 Å². The molecule has 2 aromatic carbocycles. The molecule has 6 nitrogen and oxygen atoms in total. The molecule has 0 aliphatic carbocycles. The minimum atomic E-state index is -3.56. The molecule has 1 N–H and O–H groups in total. The lowest BCUT2D eigenvalue weighted by Crippen LogP contribution is -2.35. The van der Waals surface area contributed by atoms with Gasteiger partial charge in [-0.3, -0.25) is 4.79 Å². The summed E-state index contributed by atoms with van der Waals surface area (Å²) in [6, 6.07) is 12.8. The Bertz CT molecular complexity index is 981. The maximum Gasteiger partial charge on any atom is 0.251 e. The number of piperidine rings is 1. The van der Waals surface area contributed by atoms with Crippen molar-refractivity contribution in [3.8, 4) is 5.75 Å². The van der Waals surface area contributed by atoms with E-state index in [-0.39, 0.29) is 10.8 Å². The third kappa shape index (κ3) is 6.08. The van der Waals surface area contributed by atoms with Gasteiger partial charge in [-0.15, -0.1) is 0 Å². The van der Waals surface area contributed by atoms with Crippen LogP contribution in [0.4, 0.5) is 0 Å². The van der Waals surface area contributed by atoms with Gasteiger partial charge < -0.3 is 10.1 Å². The maximum absolute atomic E-state index is 12.9. The van der Waals surface area contributed by atoms with E-state index in [1.54, 1.807) is 12.1 Å². The highest BCUT2D eigenvalue weighted by atomic mass is 32.2. The number of sulfonamides is 1. The predicted octanol–water partition coefficient (Wildman–Crippen LogP) is 3.93. The lowest BCUT2D eigenvalue weighted by atomic mass is 10.1. The van der Waals surface area contributed by atoms with Crippen molar-refractivity contribution in [3.05, 3.63) is 59.2 Å². The van der Waals surface area contributed by atoms with Crippen molar-refractivity contribution in [2.24, 2.45) is 0 Å². The molecule has 0 unspecified atom stereocenters. The van der Waals surface area contributed by atoms with E-state index < -0.39 is 10.0 Å². The molecule has 0 radical (unpaired) electrons. The van der Waals surface area contributed by atoms with Gasteiger partial charge >= 0.3 is 0 Å². The van der Waals surface area contributed by atoms with Gasteiger partial charge in [0.15, 0.2) is 0 Å². The van der Waals surface area contributed by atoms with Crippen LogP contribution in [0.5, 0.6) is 5.75 Å². The van der Waals surface area contributed by atoms with Crippen molar-refractivity contribution >= 4 is 15.9 Å². The maximum atomic E-state index is 12.9. The van der Waals surface area contributed by atoms with Crippen LogP contribution in [-0.4, -0.2) is 44.9 Å². The Morgan fingerprint density at radius 1 is 1.06 bits per heavy atom. The predicted molar refractivity (Wildman–Crippen MR) is 122 cm³/mol. The van der Waals surface area contributed by atoms with E-state index in [0.29, 0.717) is 31.8 Å². The number of ether oxygens (including phenoxy) is 1. The van der Waals surface area contributed by atoms with Gasteiger partial charge in [0.2, 0.25) is 10.0 Å². The zero-order chi connectivity index (χ0) is 22.3. The van der Waals surface area contributed by atoms with E-state index in [1.165, 1.54) is 15.9 Å². The Balaban J connectivity index is 1.58. The summed E-state index contributed by atoms with van der Waals surface area (Å²) in [6.07, 6.45) is 4.46. The lowest BCUT2D eigenvalue weighted by molar-refractivity contribution is 0.0952. The molecule has 2 aromatic rings. The van der Waals surface area contributed by atoms with Crippen LogP contribution in [0.1, 0.15) is 54.1 Å². The summed E-state index contributed by atoms with van der Waals surface area (Å²) in [5, 5.41) is 2.93. The van der Waals surface area contributed by atoms with Gasteiger partial charge in [0, 0.05) is 25.2 Å². The largest absolute Gasteiger partial charge is 0.494 e. The molecule has 1 heterocycles. The first kappa shape index (κ1) is 23.3. The van der Waals surface area contributed by atoms with Crippen molar-refractivity contribution in [1.82, 2.24) is 9.62 Å². The first-order chi connectivity index (χ1) is 14.9. The van der Waals surface area contributed by atoms with Crippen LogP contribution in [0.3, 0.4) is 0 Å². The topological polar surface area (TPSA) is 75.7 Å². The summed E-state index contributed by atoms with van der Waals surface area (Å²) in [6.45, 7) is 6.04. The summed E-state index contributed by atoms with van der Waals surface area (Å²) in [5.74, 6) is 0.620. The highest BCUT2D eigenvalue weighted by Gasteiger charge is 2.27. The fraction of sp³-hybridized carbons (Fsp3) is 0.458. The standard InChI is InChI=1S/C24H32N2O4S/c1-3-30-21-12-10-20(11-13-21)8-7-15-25-24(27)23-18-22(14-9-19(23)2)31(28,29)26-16-5-4-6-17-26/h9-14,18H,3-8,15-17H2,1-2H3,(H,25,27). The molecular formula is C24H32N2O4S. The molecule has 0 bridgehead atoms. The van der Waals surface area contributed by atoms with Gasteiger partial charge in [0.1, 0.15) is 5.75 Å². The van der Waals surface area contributed by atoms with Gasteiger partial charge in [-0.1, -0.05) is 24.6 Å². The van der Waals surface area contributed by atoms with Gasteiger partial charge in [-0.05, 0) is 74.9 Å². The molecule has 0 saturated carbocycles.